The van der Waals surface area contributed by atoms with Crippen LogP contribution in [-0.2, 0) is 20.5 Å². The van der Waals surface area contributed by atoms with E-state index in [0.29, 0.717) is 0 Å². The molecule has 1 atom stereocenters. The van der Waals surface area contributed by atoms with E-state index in [1.165, 1.54) is 7.11 Å². The van der Waals surface area contributed by atoms with Crippen LogP contribution in [0.4, 0.5) is 18.9 Å². The fourth-order valence-corrected chi connectivity index (χ4v) is 2.31. The van der Waals surface area contributed by atoms with Gasteiger partial charge in [-0.25, -0.2) is 4.98 Å². The molecule has 0 spiro atoms. The summed E-state index contributed by atoms with van der Waals surface area (Å²) < 4.78 is 42.1. The summed E-state index contributed by atoms with van der Waals surface area (Å²) in [5, 5.41) is -0.441. The monoisotopic (exact) mass is 322 g/mol. The number of carbonyl (C=O) groups excluding carboxylic acids is 2. The third kappa shape index (κ3) is 3.10. The zero-order valence-corrected chi connectivity index (χ0v) is 11.5. The van der Waals surface area contributed by atoms with Gasteiger partial charge in [0.05, 0.1) is 18.7 Å². The molecule has 1 fully saturated rings. The molecule has 0 aromatic carbocycles. The number of rotatable bonds is 2. The molecule has 2 rings (SSSR count). The van der Waals surface area contributed by atoms with Crippen molar-refractivity contribution >= 4 is 29.2 Å². The highest BCUT2D eigenvalue weighted by Gasteiger charge is 2.38. The molecule has 2 heterocycles. The maximum absolute atomic E-state index is 12.5. The number of halogens is 4. The van der Waals surface area contributed by atoms with Crippen LogP contribution >= 0.6 is 11.6 Å². The van der Waals surface area contributed by atoms with Crippen molar-refractivity contribution in [2.24, 2.45) is 5.92 Å². The second-order valence-corrected chi connectivity index (χ2v) is 4.79. The number of alkyl halides is 3. The fraction of sp³-hybridized carbons (Fsp3) is 0.417. The van der Waals surface area contributed by atoms with Crippen molar-refractivity contribution in [2.75, 3.05) is 18.6 Å². The van der Waals surface area contributed by atoms with E-state index in [-0.39, 0.29) is 18.7 Å². The number of amides is 1. The van der Waals surface area contributed by atoms with Gasteiger partial charge in [-0.2, -0.15) is 13.2 Å². The largest absolute Gasteiger partial charge is 0.469 e. The highest BCUT2D eigenvalue weighted by molar-refractivity contribution is 6.32. The molecule has 0 bridgehead atoms. The Balaban J connectivity index is 2.27. The van der Waals surface area contributed by atoms with Crippen molar-refractivity contribution in [1.29, 1.82) is 0 Å². The van der Waals surface area contributed by atoms with Crippen molar-refractivity contribution in [3.05, 3.63) is 23.0 Å². The summed E-state index contributed by atoms with van der Waals surface area (Å²) in [6.07, 6.45) is -4.70. The van der Waals surface area contributed by atoms with Gasteiger partial charge in [0.1, 0.15) is 5.69 Å². The summed E-state index contributed by atoms with van der Waals surface area (Å²) in [4.78, 5) is 27.6. The number of pyridine rings is 1. The molecule has 1 unspecified atom stereocenters. The van der Waals surface area contributed by atoms with Crippen molar-refractivity contribution < 1.29 is 27.5 Å². The first-order valence-electron chi connectivity index (χ1n) is 5.86. The Bertz CT molecular complexity index is 592. The Labute approximate surface area is 122 Å². The average molecular weight is 323 g/mol. The Morgan fingerprint density at radius 1 is 1.48 bits per heavy atom. The predicted octanol–water partition coefficient (Wildman–Crippen LogP) is 2.28. The lowest BCUT2D eigenvalue weighted by atomic mass is 10.1. The van der Waals surface area contributed by atoms with Gasteiger partial charge in [-0.15, -0.1) is 0 Å². The van der Waals surface area contributed by atoms with Crippen molar-refractivity contribution in [3.63, 3.8) is 0 Å². The first-order chi connectivity index (χ1) is 9.74. The third-order valence-corrected chi connectivity index (χ3v) is 3.35. The smallest absolute Gasteiger partial charge is 0.433 e. The van der Waals surface area contributed by atoms with Crippen molar-refractivity contribution in [3.8, 4) is 0 Å². The first-order valence-corrected chi connectivity index (χ1v) is 6.23. The second-order valence-electron chi connectivity index (χ2n) is 4.43. The Morgan fingerprint density at radius 2 is 2.14 bits per heavy atom. The maximum Gasteiger partial charge on any atom is 0.433 e. The molecule has 1 aliphatic heterocycles. The second kappa shape index (κ2) is 5.51. The summed E-state index contributed by atoms with van der Waals surface area (Å²) in [6, 6.07) is 1.80. The molecule has 0 saturated carbocycles. The zero-order valence-electron chi connectivity index (χ0n) is 10.8. The number of aromatic nitrogens is 1. The number of anilines is 1. The fourth-order valence-electron chi connectivity index (χ4n) is 2.05. The summed E-state index contributed by atoms with van der Waals surface area (Å²) in [7, 11) is 1.20. The molecule has 1 saturated heterocycles. The van der Waals surface area contributed by atoms with Crippen molar-refractivity contribution in [1.82, 2.24) is 4.98 Å². The van der Waals surface area contributed by atoms with Crippen LogP contribution < -0.4 is 4.90 Å². The van der Waals surface area contributed by atoms with Crippen LogP contribution in [-0.4, -0.2) is 30.5 Å². The van der Waals surface area contributed by atoms with Gasteiger partial charge in [0.25, 0.3) is 0 Å². The standard InChI is InChI=1S/C12H10ClF3N2O3/c1-21-11(20)6-4-9(19)18(5-6)7-2-3-8(12(14,15)16)17-10(7)13/h2-3,6H,4-5H2,1H3. The molecule has 1 aliphatic rings. The lowest BCUT2D eigenvalue weighted by Crippen LogP contribution is -2.27. The molecule has 1 aromatic heterocycles. The molecular weight excluding hydrogens is 313 g/mol. The molecule has 114 valence electrons. The van der Waals surface area contributed by atoms with E-state index < -0.39 is 34.8 Å². The van der Waals surface area contributed by atoms with Crippen molar-refractivity contribution in [2.45, 2.75) is 12.6 Å². The zero-order chi connectivity index (χ0) is 15.8. The number of methoxy groups -OCH3 is 1. The van der Waals surface area contributed by atoms with E-state index in [0.717, 1.165) is 17.0 Å². The van der Waals surface area contributed by atoms with E-state index in [1.54, 1.807) is 0 Å². The Hall–Kier alpha value is -1.83. The molecule has 1 amide bonds. The van der Waals surface area contributed by atoms with Crippen LogP contribution in [0.25, 0.3) is 0 Å². The third-order valence-electron chi connectivity index (χ3n) is 3.07. The highest BCUT2D eigenvalue weighted by atomic mass is 35.5. The summed E-state index contributed by atoms with van der Waals surface area (Å²) in [5.74, 6) is -1.64. The molecule has 5 nitrogen and oxygen atoms in total. The number of ether oxygens (including phenoxy) is 1. The van der Waals surface area contributed by atoms with Crippen LogP contribution in [0, 0.1) is 5.92 Å². The summed E-state index contributed by atoms with van der Waals surface area (Å²) >= 11 is 5.72. The summed E-state index contributed by atoms with van der Waals surface area (Å²) in [6.45, 7) is -0.00172. The molecule has 0 aliphatic carbocycles. The highest BCUT2D eigenvalue weighted by Crippen LogP contribution is 2.34. The number of esters is 1. The number of hydrogen-bond acceptors (Lipinski definition) is 4. The van der Waals surface area contributed by atoms with Gasteiger partial charge in [-0.05, 0) is 12.1 Å². The van der Waals surface area contributed by atoms with Crippen LogP contribution in [0.3, 0.4) is 0 Å². The lowest BCUT2D eigenvalue weighted by molar-refractivity contribution is -0.145. The predicted molar refractivity (Wildman–Crippen MR) is 66.7 cm³/mol. The normalized spacial score (nSPS) is 19.0. The Morgan fingerprint density at radius 3 is 2.67 bits per heavy atom. The van der Waals surface area contributed by atoms with Gasteiger partial charge in [0.2, 0.25) is 5.91 Å². The Kier molecular flexibility index (Phi) is 4.08. The topological polar surface area (TPSA) is 59.5 Å². The quantitative estimate of drug-likeness (QED) is 0.619. The van der Waals surface area contributed by atoms with E-state index >= 15 is 0 Å². The minimum absolute atomic E-state index is 0.00172. The van der Waals surface area contributed by atoms with Crippen LogP contribution in [0.5, 0.6) is 0 Å². The minimum Gasteiger partial charge on any atom is -0.469 e. The minimum atomic E-state index is -4.62. The van der Waals surface area contributed by atoms with E-state index in [9.17, 15) is 22.8 Å². The number of nitrogens with zero attached hydrogens (tertiary/aromatic N) is 2. The first kappa shape index (κ1) is 15.6. The van der Waals surface area contributed by atoms with E-state index in [4.69, 9.17) is 11.6 Å². The number of hydrogen-bond donors (Lipinski definition) is 0. The molecule has 9 heteroatoms. The van der Waals surface area contributed by atoms with E-state index in [1.807, 2.05) is 0 Å². The SMILES string of the molecule is COC(=O)C1CC(=O)N(c2ccc(C(F)(F)F)nc2Cl)C1. The maximum atomic E-state index is 12.5. The lowest BCUT2D eigenvalue weighted by Gasteiger charge is -2.18. The average Bonchev–Trinajstić information content (AvgIpc) is 2.78. The molecular formula is C12H10ClF3N2O3. The van der Waals surface area contributed by atoms with Crippen LogP contribution in [0.2, 0.25) is 5.15 Å². The molecule has 0 N–H and O–H groups in total. The van der Waals surface area contributed by atoms with Gasteiger partial charge < -0.3 is 9.64 Å². The molecule has 21 heavy (non-hydrogen) atoms. The molecule has 1 aromatic rings. The van der Waals surface area contributed by atoms with Gasteiger partial charge in [-0.1, -0.05) is 11.6 Å². The van der Waals surface area contributed by atoms with E-state index in [2.05, 4.69) is 9.72 Å². The number of carbonyl (C=O) groups is 2. The molecule has 0 radical (unpaired) electrons. The van der Waals surface area contributed by atoms with Crippen LogP contribution in [0.1, 0.15) is 12.1 Å². The summed E-state index contributed by atoms with van der Waals surface area (Å²) in [5.41, 5.74) is -1.10. The van der Waals surface area contributed by atoms with Gasteiger partial charge in [0.15, 0.2) is 5.15 Å². The van der Waals surface area contributed by atoms with Gasteiger partial charge in [0, 0.05) is 13.0 Å². The van der Waals surface area contributed by atoms with Gasteiger partial charge >= 0.3 is 12.1 Å². The van der Waals surface area contributed by atoms with Crippen LogP contribution in [0.15, 0.2) is 12.1 Å². The van der Waals surface area contributed by atoms with Gasteiger partial charge in [-0.3, -0.25) is 9.59 Å².